The Labute approximate surface area is 141 Å². The van der Waals surface area contributed by atoms with Crippen molar-refractivity contribution in [2.45, 2.75) is 32.2 Å². The summed E-state index contributed by atoms with van der Waals surface area (Å²) in [7, 11) is 0. The SMILES string of the molecule is O=C(c1cc2n(n1)CCCC2)N1CCN(C(=O)[C@H]2CCOC2)CC1. The molecule has 1 atom stereocenters. The molecule has 0 aromatic carbocycles. The minimum absolute atomic E-state index is 0.00630. The summed E-state index contributed by atoms with van der Waals surface area (Å²) in [6, 6.07) is 1.94. The van der Waals surface area contributed by atoms with E-state index in [9.17, 15) is 9.59 Å². The number of piperazine rings is 1. The first-order chi connectivity index (χ1) is 11.7. The van der Waals surface area contributed by atoms with Gasteiger partial charge in [-0.15, -0.1) is 0 Å². The van der Waals surface area contributed by atoms with E-state index in [1.54, 1.807) is 0 Å². The lowest BCUT2D eigenvalue weighted by molar-refractivity contribution is -0.137. The van der Waals surface area contributed by atoms with Gasteiger partial charge in [0.25, 0.3) is 5.91 Å². The number of carbonyl (C=O) groups is 2. The quantitative estimate of drug-likeness (QED) is 0.793. The number of amides is 2. The van der Waals surface area contributed by atoms with Gasteiger partial charge in [0, 0.05) is 45.0 Å². The van der Waals surface area contributed by atoms with Crippen LogP contribution in [0.1, 0.15) is 35.4 Å². The molecule has 130 valence electrons. The standard InChI is InChI=1S/C17H24N4O3/c22-16(13-4-10-24-12-13)19-6-8-20(9-7-19)17(23)15-11-14-3-1-2-5-21(14)18-15/h11,13H,1-10,12H2/t13-/m0/s1. The first-order valence-electron chi connectivity index (χ1n) is 8.95. The van der Waals surface area contributed by atoms with E-state index in [-0.39, 0.29) is 17.7 Å². The van der Waals surface area contributed by atoms with Crippen molar-refractivity contribution in [2.24, 2.45) is 5.92 Å². The van der Waals surface area contributed by atoms with Gasteiger partial charge in [-0.05, 0) is 31.7 Å². The highest BCUT2D eigenvalue weighted by Crippen LogP contribution is 2.19. The van der Waals surface area contributed by atoms with Crippen LogP contribution in [0.5, 0.6) is 0 Å². The Balaban J connectivity index is 1.36. The Kier molecular flexibility index (Phi) is 4.26. The Hall–Kier alpha value is -1.89. The van der Waals surface area contributed by atoms with Crippen molar-refractivity contribution < 1.29 is 14.3 Å². The highest BCUT2D eigenvalue weighted by Gasteiger charge is 2.32. The second kappa shape index (κ2) is 6.55. The number of hydrogen-bond donors (Lipinski definition) is 0. The summed E-state index contributed by atoms with van der Waals surface area (Å²) in [6.45, 7) is 4.51. The number of nitrogens with zero attached hydrogens (tertiary/aromatic N) is 4. The van der Waals surface area contributed by atoms with Crippen molar-refractivity contribution in [1.82, 2.24) is 19.6 Å². The molecule has 0 saturated carbocycles. The maximum absolute atomic E-state index is 12.7. The third kappa shape index (κ3) is 2.92. The van der Waals surface area contributed by atoms with Gasteiger partial charge in [0.2, 0.25) is 5.91 Å². The number of carbonyl (C=O) groups excluding carboxylic acids is 2. The third-order valence-corrected chi connectivity index (χ3v) is 5.29. The second-order valence-corrected chi connectivity index (χ2v) is 6.88. The molecular formula is C17H24N4O3. The predicted molar refractivity (Wildman–Crippen MR) is 86.6 cm³/mol. The van der Waals surface area contributed by atoms with Gasteiger partial charge in [0.1, 0.15) is 0 Å². The molecule has 0 bridgehead atoms. The molecule has 1 aromatic rings. The zero-order valence-electron chi connectivity index (χ0n) is 13.9. The van der Waals surface area contributed by atoms with Gasteiger partial charge >= 0.3 is 0 Å². The molecule has 2 fully saturated rings. The average molecular weight is 332 g/mol. The van der Waals surface area contributed by atoms with E-state index in [0.29, 0.717) is 45.1 Å². The van der Waals surface area contributed by atoms with Crippen molar-refractivity contribution in [2.75, 3.05) is 39.4 Å². The van der Waals surface area contributed by atoms with Gasteiger partial charge in [-0.1, -0.05) is 0 Å². The molecule has 3 aliphatic rings. The molecule has 7 heteroatoms. The Morgan fingerprint density at radius 1 is 1.08 bits per heavy atom. The molecule has 4 rings (SSSR count). The monoisotopic (exact) mass is 332 g/mol. The smallest absolute Gasteiger partial charge is 0.274 e. The topological polar surface area (TPSA) is 67.7 Å². The molecule has 24 heavy (non-hydrogen) atoms. The average Bonchev–Trinajstić information content (AvgIpc) is 3.30. The van der Waals surface area contributed by atoms with Crippen LogP contribution >= 0.6 is 0 Å². The summed E-state index contributed by atoms with van der Waals surface area (Å²) in [5.41, 5.74) is 1.72. The fraction of sp³-hybridized carbons (Fsp3) is 0.706. The summed E-state index contributed by atoms with van der Waals surface area (Å²) in [6.07, 6.45) is 4.13. The number of hydrogen-bond acceptors (Lipinski definition) is 4. The summed E-state index contributed by atoms with van der Waals surface area (Å²) in [5, 5.41) is 4.47. The summed E-state index contributed by atoms with van der Waals surface area (Å²) < 4.78 is 7.27. The predicted octanol–water partition coefficient (Wildman–Crippen LogP) is 0.540. The fourth-order valence-corrected chi connectivity index (χ4v) is 3.80. The summed E-state index contributed by atoms with van der Waals surface area (Å²) in [5.74, 6) is 0.178. The lowest BCUT2D eigenvalue weighted by Crippen LogP contribution is -2.52. The van der Waals surface area contributed by atoms with Crippen molar-refractivity contribution in [3.8, 4) is 0 Å². The van der Waals surface area contributed by atoms with Crippen molar-refractivity contribution in [1.29, 1.82) is 0 Å². The van der Waals surface area contributed by atoms with Crippen LogP contribution in [0.3, 0.4) is 0 Å². The zero-order chi connectivity index (χ0) is 16.5. The molecule has 7 nitrogen and oxygen atoms in total. The highest BCUT2D eigenvalue weighted by molar-refractivity contribution is 5.92. The van der Waals surface area contributed by atoms with Crippen molar-refractivity contribution in [3.63, 3.8) is 0 Å². The van der Waals surface area contributed by atoms with Gasteiger partial charge in [0.15, 0.2) is 5.69 Å². The Bertz CT molecular complexity index is 604. The minimum atomic E-state index is -0.00630. The molecule has 0 aliphatic carbocycles. The van der Waals surface area contributed by atoms with Crippen LogP contribution in [-0.2, 0) is 22.5 Å². The second-order valence-electron chi connectivity index (χ2n) is 6.88. The van der Waals surface area contributed by atoms with Gasteiger partial charge in [-0.25, -0.2) is 0 Å². The molecule has 0 unspecified atom stereocenters. The van der Waals surface area contributed by atoms with Gasteiger partial charge in [0.05, 0.1) is 12.5 Å². The Morgan fingerprint density at radius 2 is 1.88 bits per heavy atom. The van der Waals surface area contributed by atoms with Gasteiger partial charge < -0.3 is 14.5 Å². The maximum atomic E-state index is 12.7. The number of fused-ring (bicyclic) bond motifs is 1. The summed E-state index contributed by atoms with van der Waals surface area (Å²) >= 11 is 0. The number of aryl methyl sites for hydroxylation is 2. The number of ether oxygens (including phenoxy) is 1. The molecule has 1 aromatic heterocycles. The molecular weight excluding hydrogens is 308 g/mol. The molecule has 2 amide bonds. The van der Waals surface area contributed by atoms with Crippen molar-refractivity contribution >= 4 is 11.8 Å². The van der Waals surface area contributed by atoms with Crippen LogP contribution in [0.2, 0.25) is 0 Å². The third-order valence-electron chi connectivity index (χ3n) is 5.29. The van der Waals surface area contributed by atoms with Crippen molar-refractivity contribution in [3.05, 3.63) is 17.5 Å². The first kappa shape index (κ1) is 15.6. The molecule has 0 radical (unpaired) electrons. The molecule has 3 aliphatic heterocycles. The number of rotatable bonds is 2. The maximum Gasteiger partial charge on any atom is 0.274 e. The van der Waals surface area contributed by atoms with Crippen LogP contribution in [0, 0.1) is 5.92 Å². The van der Waals surface area contributed by atoms with Crippen LogP contribution in [0.15, 0.2) is 6.07 Å². The van der Waals surface area contributed by atoms with E-state index in [1.807, 2.05) is 20.5 Å². The number of aromatic nitrogens is 2. The van der Waals surface area contributed by atoms with Crippen LogP contribution in [0.25, 0.3) is 0 Å². The zero-order valence-corrected chi connectivity index (χ0v) is 13.9. The lowest BCUT2D eigenvalue weighted by Gasteiger charge is -2.35. The molecule has 0 N–H and O–H groups in total. The normalized spacial score (nSPS) is 24.1. The van der Waals surface area contributed by atoms with E-state index in [4.69, 9.17) is 4.74 Å². The van der Waals surface area contributed by atoms with E-state index in [2.05, 4.69) is 5.10 Å². The van der Waals surface area contributed by atoms with E-state index < -0.39 is 0 Å². The molecule has 0 spiro atoms. The van der Waals surface area contributed by atoms with E-state index in [1.165, 1.54) is 12.1 Å². The van der Waals surface area contributed by atoms with Gasteiger partial charge in [-0.2, -0.15) is 5.10 Å². The van der Waals surface area contributed by atoms with Crippen LogP contribution in [0.4, 0.5) is 0 Å². The highest BCUT2D eigenvalue weighted by atomic mass is 16.5. The van der Waals surface area contributed by atoms with E-state index >= 15 is 0 Å². The van der Waals surface area contributed by atoms with E-state index in [0.717, 1.165) is 25.8 Å². The lowest BCUT2D eigenvalue weighted by atomic mass is 10.1. The largest absolute Gasteiger partial charge is 0.381 e. The Morgan fingerprint density at radius 3 is 2.58 bits per heavy atom. The molecule has 2 saturated heterocycles. The van der Waals surface area contributed by atoms with Crippen LogP contribution < -0.4 is 0 Å². The minimum Gasteiger partial charge on any atom is -0.381 e. The first-order valence-corrected chi connectivity index (χ1v) is 8.95. The van der Waals surface area contributed by atoms with Crippen LogP contribution in [-0.4, -0.2) is 70.8 Å². The fourth-order valence-electron chi connectivity index (χ4n) is 3.80. The molecule has 4 heterocycles. The summed E-state index contributed by atoms with van der Waals surface area (Å²) in [4.78, 5) is 28.8. The van der Waals surface area contributed by atoms with Gasteiger partial charge in [-0.3, -0.25) is 14.3 Å².